The summed E-state index contributed by atoms with van der Waals surface area (Å²) in [6.45, 7) is -0.108. The van der Waals surface area contributed by atoms with Crippen LogP contribution in [0.15, 0.2) is 97.2 Å². The number of carbonyl (C=O) groups is 2. The van der Waals surface area contributed by atoms with Crippen molar-refractivity contribution >= 4 is 23.3 Å². The normalized spacial score (nSPS) is 16.1. The minimum atomic E-state index is -0.511. The molecule has 4 aromatic rings. The van der Waals surface area contributed by atoms with Crippen molar-refractivity contribution in [3.05, 3.63) is 114 Å². The number of benzene rings is 3. The average molecular weight is 481 g/mol. The van der Waals surface area contributed by atoms with Gasteiger partial charge in [-0.1, -0.05) is 54.6 Å². The maximum absolute atomic E-state index is 14.2. The number of aromatic nitrogens is 1. The largest absolute Gasteiger partial charge is 0.322 e. The Morgan fingerprint density at radius 1 is 0.861 bits per heavy atom. The third-order valence-corrected chi connectivity index (χ3v) is 6.77. The Labute approximate surface area is 208 Å². The molecule has 1 aliphatic carbocycles. The van der Waals surface area contributed by atoms with Gasteiger partial charge in [0.1, 0.15) is 18.4 Å². The fourth-order valence-electron chi connectivity index (χ4n) is 4.94. The van der Waals surface area contributed by atoms with E-state index in [4.69, 9.17) is 0 Å². The molecule has 180 valence electrons. The summed E-state index contributed by atoms with van der Waals surface area (Å²) in [5.74, 6) is -0.706. The minimum Gasteiger partial charge on any atom is -0.316 e. The van der Waals surface area contributed by atoms with Gasteiger partial charge in [0.05, 0.1) is 22.8 Å². The Bertz CT molecular complexity index is 1430. The summed E-state index contributed by atoms with van der Waals surface area (Å²) in [5.41, 5.74) is 3.75. The Morgan fingerprint density at radius 3 is 2.31 bits per heavy atom. The smallest absolute Gasteiger partial charge is 0.316 e. The topological polar surface area (TPSA) is 57.6 Å². The van der Waals surface area contributed by atoms with Gasteiger partial charge in [-0.25, -0.2) is 9.18 Å². The van der Waals surface area contributed by atoms with Crippen LogP contribution < -0.4 is 10.2 Å². The van der Waals surface area contributed by atoms with Gasteiger partial charge in [-0.15, -0.1) is 0 Å². The molecular formula is C29H25FN4O2. The Balaban J connectivity index is 1.36. The lowest BCUT2D eigenvalue weighted by atomic mass is 9.97. The van der Waals surface area contributed by atoms with Gasteiger partial charge in [0.25, 0.3) is 0 Å². The highest BCUT2D eigenvalue weighted by Gasteiger charge is 2.40. The Kier molecular flexibility index (Phi) is 5.52. The lowest BCUT2D eigenvalue weighted by Gasteiger charge is -2.39. The fourth-order valence-corrected chi connectivity index (χ4v) is 4.94. The van der Waals surface area contributed by atoms with Crippen LogP contribution in [0.4, 0.5) is 20.6 Å². The summed E-state index contributed by atoms with van der Waals surface area (Å²) in [5, 5.41) is 2.65. The molecule has 1 aliphatic heterocycles. The number of urea groups is 1. The first-order chi connectivity index (χ1) is 17.6. The molecule has 0 saturated heterocycles. The zero-order valence-electron chi connectivity index (χ0n) is 19.5. The lowest BCUT2D eigenvalue weighted by molar-refractivity contribution is -0.119. The van der Waals surface area contributed by atoms with E-state index in [-0.39, 0.29) is 30.2 Å². The molecule has 2 heterocycles. The van der Waals surface area contributed by atoms with Gasteiger partial charge in [-0.2, -0.15) is 0 Å². The summed E-state index contributed by atoms with van der Waals surface area (Å²) in [6, 6.07) is 26.9. The number of rotatable bonds is 5. The van der Waals surface area contributed by atoms with Gasteiger partial charge in [0, 0.05) is 12.2 Å². The second-order valence-corrected chi connectivity index (χ2v) is 9.14. The molecule has 6 rings (SSSR count). The van der Waals surface area contributed by atoms with Crippen LogP contribution in [-0.2, 0) is 4.79 Å². The number of anilines is 2. The Hall–Kier alpha value is -4.39. The van der Waals surface area contributed by atoms with Crippen LogP contribution >= 0.6 is 0 Å². The SMILES string of the molecule is O=C(Nc1ccccc1F)N(CC(=O)N1c2ccccc2-n2cccc2C1c1ccccc1)C1CC1. The molecular weight excluding hydrogens is 455 g/mol. The minimum absolute atomic E-state index is 0.0419. The van der Waals surface area contributed by atoms with Crippen molar-refractivity contribution in [2.75, 3.05) is 16.8 Å². The van der Waals surface area contributed by atoms with Crippen molar-refractivity contribution < 1.29 is 14.0 Å². The van der Waals surface area contributed by atoms with E-state index in [0.717, 1.165) is 35.5 Å². The van der Waals surface area contributed by atoms with Crippen molar-refractivity contribution in [3.63, 3.8) is 0 Å². The summed E-state index contributed by atoms with van der Waals surface area (Å²) in [6.07, 6.45) is 3.64. The molecule has 0 bridgehead atoms. The molecule has 6 nitrogen and oxygen atoms in total. The van der Waals surface area contributed by atoms with Crippen molar-refractivity contribution in [2.24, 2.45) is 0 Å². The molecule has 1 saturated carbocycles. The maximum atomic E-state index is 14.2. The average Bonchev–Trinajstić information content (AvgIpc) is 3.63. The first kappa shape index (κ1) is 22.1. The van der Waals surface area contributed by atoms with Gasteiger partial charge in [0.2, 0.25) is 5.91 Å². The van der Waals surface area contributed by atoms with Crippen LogP contribution in [0.3, 0.4) is 0 Å². The van der Waals surface area contributed by atoms with Crippen LogP contribution in [-0.4, -0.2) is 34.0 Å². The van der Waals surface area contributed by atoms with Gasteiger partial charge >= 0.3 is 6.03 Å². The zero-order valence-corrected chi connectivity index (χ0v) is 19.5. The second kappa shape index (κ2) is 9.00. The first-order valence-corrected chi connectivity index (χ1v) is 12.1. The number of para-hydroxylation sites is 3. The number of carbonyl (C=O) groups excluding carboxylic acids is 2. The van der Waals surface area contributed by atoms with Crippen LogP contribution in [0.5, 0.6) is 0 Å². The molecule has 1 N–H and O–H groups in total. The van der Waals surface area contributed by atoms with Crippen molar-refractivity contribution in [3.8, 4) is 5.69 Å². The van der Waals surface area contributed by atoms with Crippen LogP contribution in [0.2, 0.25) is 0 Å². The summed E-state index contributed by atoms with van der Waals surface area (Å²) in [7, 11) is 0. The maximum Gasteiger partial charge on any atom is 0.322 e. The zero-order chi connectivity index (χ0) is 24.6. The van der Waals surface area contributed by atoms with Gasteiger partial charge in [-0.05, 0) is 54.8 Å². The van der Waals surface area contributed by atoms with E-state index in [1.54, 1.807) is 17.0 Å². The van der Waals surface area contributed by atoms with Crippen molar-refractivity contribution in [2.45, 2.75) is 24.9 Å². The highest BCUT2D eigenvalue weighted by atomic mass is 19.1. The van der Waals surface area contributed by atoms with E-state index < -0.39 is 11.8 Å². The molecule has 1 atom stereocenters. The monoisotopic (exact) mass is 480 g/mol. The molecule has 1 unspecified atom stereocenters. The third kappa shape index (κ3) is 3.92. The number of hydrogen-bond acceptors (Lipinski definition) is 2. The van der Waals surface area contributed by atoms with Gasteiger partial charge in [-0.3, -0.25) is 9.69 Å². The van der Waals surface area contributed by atoms with E-state index in [0.29, 0.717) is 0 Å². The molecule has 36 heavy (non-hydrogen) atoms. The number of hydrogen-bond donors (Lipinski definition) is 1. The number of halogens is 1. The van der Waals surface area contributed by atoms with E-state index in [1.165, 1.54) is 17.0 Å². The molecule has 1 fully saturated rings. The predicted octanol–water partition coefficient (Wildman–Crippen LogP) is 5.75. The first-order valence-electron chi connectivity index (χ1n) is 12.1. The molecule has 0 spiro atoms. The number of amides is 3. The van der Waals surface area contributed by atoms with Crippen molar-refractivity contribution in [1.29, 1.82) is 0 Å². The molecule has 1 aromatic heterocycles. The molecule has 3 amide bonds. The van der Waals surface area contributed by atoms with Gasteiger partial charge in [0.15, 0.2) is 0 Å². The number of nitrogens with one attached hydrogen (secondary N) is 1. The van der Waals surface area contributed by atoms with Crippen molar-refractivity contribution in [1.82, 2.24) is 9.47 Å². The van der Waals surface area contributed by atoms with E-state index in [1.807, 2.05) is 72.9 Å². The van der Waals surface area contributed by atoms with E-state index >= 15 is 0 Å². The van der Waals surface area contributed by atoms with Crippen LogP contribution in [0.25, 0.3) is 5.69 Å². The second-order valence-electron chi connectivity index (χ2n) is 9.14. The van der Waals surface area contributed by atoms with E-state index in [9.17, 15) is 14.0 Å². The van der Waals surface area contributed by atoms with E-state index in [2.05, 4.69) is 9.88 Å². The molecule has 0 radical (unpaired) electrons. The lowest BCUT2D eigenvalue weighted by Crippen LogP contribution is -2.48. The number of fused-ring (bicyclic) bond motifs is 3. The fraction of sp³-hybridized carbons (Fsp3) is 0.172. The third-order valence-electron chi connectivity index (χ3n) is 6.77. The Morgan fingerprint density at radius 2 is 1.56 bits per heavy atom. The predicted molar refractivity (Wildman–Crippen MR) is 137 cm³/mol. The standard InChI is InChI=1S/C29H25FN4O2/c30-22-11-4-5-12-23(22)31-29(36)33(21-16-17-21)19-27(35)34-25-14-7-6-13-24(25)32-18-8-15-26(32)28(34)20-9-2-1-3-10-20/h1-15,18,21,28H,16-17,19H2,(H,31,36). The highest BCUT2D eigenvalue weighted by molar-refractivity contribution is 6.01. The molecule has 2 aliphatic rings. The van der Waals surface area contributed by atoms with Crippen LogP contribution in [0, 0.1) is 5.82 Å². The summed E-state index contributed by atoms with van der Waals surface area (Å²) in [4.78, 5) is 30.6. The van der Waals surface area contributed by atoms with Gasteiger partial charge < -0.3 is 14.8 Å². The summed E-state index contributed by atoms with van der Waals surface area (Å²) >= 11 is 0. The highest BCUT2D eigenvalue weighted by Crippen LogP contribution is 2.42. The molecule has 7 heteroatoms. The summed E-state index contributed by atoms with van der Waals surface area (Å²) < 4.78 is 16.3. The van der Waals surface area contributed by atoms with Crippen LogP contribution in [0.1, 0.15) is 30.1 Å². The number of nitrogens with zero attached hydrogens (tertiary/aromatic N) is 3. The molecule has 3 aromatic carbocycles. The quantitative estimate of drug-likeness (QED) is 0.396.